The molecular formula is C21H30N4O2. The highest BCUT2D eigenvalue weighted by atomic mass is 16.5. The molecule has 1 aromatic rings. The zero-order valence-corrected chi connectivity index (χ0v) is 16.6. The number of nitrogens with zero attached hydrogens (tertiary/aromatic N) is 1. The van der Waals surface area contributed by atoms with Crippen LogP contribution in [0.4, 0.5) is 0 Å². The summed E-state index contributed by atoms with van der Waals surface area (Å²) < 4.78 is 11.5. The number of hydrogen-bond acceptors (Lipinski definition) is 6. The molecule has 0 bridgehead atoms. The molecular weight excluding hydrogens is 340 g/mol. The van der Waals surface area contributed by atoms with Crippen molar-refractivity contribution >= 4 is 11.8 Å². The number of benzene rings is 1. The van der Waals surface area contributed by atoms with Crippen molar-refractivity contribution in [3.63, 3.8) is 0 Å². The Bertz CT molecular complexity index is 742. The van der Waals surface area contributed by atoms with Gasteiger partial charge in [-0.25, -0.2) is 0 Å². The SMILES string of the molecule is CNC(OC)N1CCOc2ccc(C3=CC=CC(NC)C3(C)C=N)cc2C1. The van der Waals surface area contributed by atoms with E-state index < -0.39 is 5.41 Å². The summed E-state index contributed by atoms with van der Waals surface area (Å²) in [5.41, 5.74) is 2.98. The van der Waals surface area contributed by atoms with E-state index in [-0.39, 0.29) is 12.4 Å². The summed E-state index contributed by atoms with van der Waals surface area (Å²) in [6.07, 6.45) is 7.68. The first kappa shape index (κ1) is 19.8. The van der Waals surface area contributed by atoms with Crippen molar-refractivity contribution in [3.05, 3.63) is 47.6 Å². The zero-order chi connectivity index (χ0) is 19.4. The van der Waals surface area contributed by atoms with E-state index in [0.29, 0.717) is 6.61 Å². The van der Waals surface area contributed by atoms with Crippen LogP contribution in [0.25, 0.3) is 5.57 Å². The molecule has 6 nitrogen and oxygen atoms in total. The van der Waals surface area contributed by atoms with E-state index in [0.717, 1.165) is 35.5 Å². The molecule has 1 aromatic carbocycles. The van der Waals surface area contributed by atoms with E-state index in [9.17, 15) is 0 Å². The van der Waals surface area contributed by atoms with Crippen LogP contribution in [0.15, 0.2) is 36.4 Å². The summed E-state index contributed by atoms with van der Waals surface area (Å²) >= 11 is 0. The largest absolute Gasteiger partial charge is 0.492 e. The number of hydrogen-bond donors (Lipinski definition) is 3. The van der Waals surface area contributed by atoms with Crippen molar-refractivity contribution in [1.82, 2.24) is 15.5 Å². The van der Waals surface area contributed by atoms with E-state index in [1.54, 1.807) is 13.3 Å². The molecule has 3 rings (SSSR count). The molecule has 1 heterocycles. The minimum Gasteiger partial charge on any atom is -0.492 e. The van der Waals surface area contributed by atoms with Gasteiger partial charge in [0, 0.05) is 43.4 Å². The maximum Gasteiger partial charge on any atom is 0.165 e. The number of methoxy groups -OCH3 is 1. The summed E-state index contributed by atoms with van der Waals surface area (Å²) in [6, 6.07) is 6.42. The number of nitrogens with one attached hydrogen (secondary N) is 3. The molecule has 0 fully saturated rings. The standard InChI is InChI=1S/C21H30N4O2/c1-21(14-22)17(6-5-7-19(21)23-2)15-8-9-18-16(12-15)13-25(10-11-27-18)20(24-3)26-4/h5-9,12,14,19-20,22-24H,10-11,13H2,1-4H3. The third kappa shape index (κ3) is 3.71. The van der Waals surface area contributed by atoms with Crippen molar-refractivity contribution in [2.75, 3.05) is 34.4 Å². The highest BCUT2D eigenvalue weighted by Gasteiger charge is 2.36. The van der Waals surface area contributed by atoms with Crippen LogP contribution in [-0.4, -0.2) is 57.9 Å². The minimum absolute atomic E-state index is 0.0868. The third-order valence-corrected chi connectivity index (χ3v) is 5.59. The maximum atomic E-state index is 8.07. The van der Waals surface area contributed by atoms with Crippen LogP contribution < -0.4 is 15.4 Å². The van der Waals surface area contributed by atoms with Gasteiger partial charge in [0.15, 0.2) is 6.35 Å². The first-order chi connectivity index (χ1) is 13.1. The third-order valence-electron chi connectivity index (χ3n) is 5.59. The van der Waals surface area contributed by atoms with Gasteiger partial charge in [-0.05, 0) is 44.3 Å². The van der Waals surface area contributed by atoms with Crippen LogP contribution in [-0.2, 0) is 11.3 Å². The Kier molecular flexibility index (Phi) is 6.11. The van der Waals surface area contributed by atoms with Gasteiger partial charge in [0.05, 0.1) is 0 Å². The normalized spacial score (nSPS) is 26.5. The fourth-order valence-electron chi connectivity index (χ4n) is 4.01. The van der Waals surface area contributed by atoms with Gasteiger partial charge in [-0.1, -0.05) is 24.3 Å². The van der Waals surface area contributed by atoms with Gasteiger partial charge >= 0.3 is 0 Å². The Labute approximate surface area is 161 Å². The van der Waals surface area contributed by atoms with Gasteiger partial charge in [0.1, 0.15) is 12.4 Å². The van der Waals surface area contributed by atoms with Crippen molar-refractivity contribution in [2.24, 2.45) is 5.41 Å². The zero-order valence-electron chi connectivity index (χ0n) is 16.6. The van der Waals surface area contributed by atoms with Gasteiger partial charge in [-0.2, -0.15) is 0 Å². The smallest absolute Gasteiger partial charge is 0.165 e. The lowest BCUT2D eigenvalue weighted by molar-refractivity contribution is -0.0563. The van der Waals surface area contributed by atoms with Crippen LogP contribution in [0, 0.1) is 10.8 Å². The fraction of sp³-hybridized carbons (Fsp3) is 0.476. The van der Waals surface area contributed by atoms with Crippen molar-refractivity contribution in [1.29, 1.82) is 5.41 Å². The first-order valence-corrected chi connectivity index (χ1v) is 9.35. The van der Waals surface area contributed by atoms with Crippen LogP contribution >= 0.6 is 0 Å². The fourth-order valence-corrected chi connectivity index (χ4v) is 4.01. The van der Waals surface area contributed by atoms with Crippen LogP contribution in [0.3, 0.4) is 0 Å². The maximum absolute atomic E-state index is 8.07. The Hall–Kier alpha value is -1.99. The molecule has 1 aliphatic heterocycles. The Morgan fingerprint density at radius 1 is 1.41 bits per heavy atom. The van der Waals surface area contributed by atoms with Gasteiger partial charge < -0.3 is 20.2 Å². The molecule has 0 aromatic heterocycles. The molecule has 0 saturated heterocycles. The molecule has 2 aliphatic rings. The lowest BCUT2D eigenvalue weighted by Gasteiger charge is -2.37. The predicted octanol–water partition coefficient (Wildman–Crippen LogP) is 2.23. The first-order valence-electron chi connectivity index (χ1n) is 9.35. The van der Waals surface area contributed by atoms with Crippen LogP contribution in [0.1, 0.15) is 18.1 Å². The van der Waals surface area contributed by atoms with Gasteiger partial charge in [-0.3, -0.25) is 10.2 Å². The number of allylic oxidation sites excluding steroid dienone is 2. The van der Waals surface area contributed by atoms with Crippen LogP contribution in [0.2, 0.25) is 0 Å². The molecule has 3 N–H and O–H groups in total. The van der Waals surface area contributed by atoms with Crippen molar-refractivity contribution in [3.8, 4) is 5.75 Å². The highest BCUT2D eigenvalue weighted by molar-refractivity contribution is 5.89. The lowest BCUT2D eigenvalue weighted by Crippen LogP contribution is -2.45. The monoisotopic (exact) mass is 370 g/mol. The average Bonchev–Trinajstić information content (AvgIpc) is 2.90. The van der Waals surface area contributed by atoms with Gasteiger partial charge in [0.25, 0.3) is 0 Å². The second-order valence-electron chi connectivity index (χ2n) is 7.18. The summed E-state index contributed by atoms with van der Waals surface area (Å²) in [4.78, 5) is 2.22. The molecule has 0 radical (unpaired) electrons. The van der Waals surface area contributed by atoms with E-state index in [1.165, 1.54) is 0 Å². The van der Waals surface area contributed by atoms with E-state index in [2.05, 4.69) is 52.8 Å². The van der Waals surface area contributed by atoms with Crippen LogP contribution in [0.5, 0.6) is 5.75 Å². The Balaban J connectivity index is 1.97. The number of rotatable bonds is 6. The van der Waals surface area contributed by atoms with E-state index >= 15 is 0 Å². The van der Waals surface area contributed by atoms with Crippen molar-refractivity contribution < 1.29 is 9.47 Å². The molecule has 6 heteroatoms. The molecule has 146 valence electrons. The summed E-state index contributed by atoms with van der Waals surface area (Å²) in [6.45, 7) is 4.25. The quantitative estimate of drug-likeness (QED) is 0.529. The minimum atomic E-state index is -0.400. The molecule has 0 amide bonds. The van der Waals surface area contributed by atoms with Gasteiger partial charge in [0.2, 0.25) is 0 Å². The summed E-state index contributed by atoms with van der Waals surface area (Å²) in [5.74, 6) is 0.917. The number of ether oxygens (including phenoxy) is 2. The molecule has 27 heavy (non-hydrogen) atoms. The lowest BCUT2D eigenvalue weighted by atomic mass is 9.71. The second kappa shape index (κ2) is 8.35. The molecule has 3 unspecified atom stereocenters. The number of likely N-dealkylation sites (N-methyl/N-ethyl adjacent to an activating group) is 1. The average molecular weight is 370 g/mol. The molecule has 0 spiro atoms. The highest BCUT2D eigenvalue weighted by Crippen LogP contribution is 2.41. The Morgan fingerprint density at radius 3 is 2.89 bits per heavy atom. The summed E-state index contributed by atoms with van der Waals surface area (Å²) in [5, 5.41) is 14.6. The molecule has 0 saturated carbocycles. The predicted molar refractivity (Wildman–Crippen MR) is 109 cm³/mol. The van der Waals surface area contributed by atoms with E-state index in [4.69, 9.17) is 14.9 Å². The second-order valence-corrected chi connectivity index (χ2v) is 7.18. The number of fused-ring (bicyclic) bond motifs is 1. The molecule has 3 atom stereocenters. The summed E-state index contributed by atoms with van der Waals surface area (Å²) in [7, 11) is 5.53. The van der Waals surface area contributed by atoms with Crippen molar-refractivity contribution in [2.45, 2.75) is 25.9 Å². The van der Waals surface area contributed by atoms with E-state index in [1.807, 2.05) is 20.2 Å². The topological polar surface area (TPSA) is 69.6 Å². The van der Waals surface area contributed by atoms with Gasteiger partial charge in [-0.15, -0.1) is 0 Å². The Morgan fingerprint density at radius 2 is 2.22 bits per heavy atom. The molecule has 1 aliphatic carbocycles.